The van der Waals surface area contributed by atoms with Gasteiger partial charge in [0.15, 0.2) is 0 Å². The highest BCUT2D eigenvalue weighted by molar-refractivity contribution is 6.30. The van der Waals surface area contributed by atoms with Crippen LogP contribution in [0.5, 0.6) is 0 Å². The van der Waals surface area contributed by atoms with E-state index >= 15 is 0 Å². The second-order valence-electron chi connectivity index (χ2n) is 5.65. The Morgan fingerprint density at radius 3 is 2.84 bits per heavy atom. The van der Waals surface area contributed by atoms with Gasteiger partial charge in [0.05, 0.1) is 5.92 Å². The summed E-state index contributed by atoms with van der Waals surface area (Å²) in [4.78, 5) is 14.0. The summed E-state index contributed by atoms with van der Waals surface area (Å²) >= 11 is 6.07. The first-order chi connectivity index (χ1) is 9.09. The minimum Gasteiger partial charge on any atom is -0.481 e. The van der Waals surface area contributed by atoms with Gasteiger partial charge in [0.1, 0.15) is 0 Å². The summed E-state index contributed by atoms with van der Waals surface area (Å²) in [5.41, 5.74) is 1.91. The Bertz CT molecular complexity index is 517. The molecule has 1 fully saturated rings. The van der Waals surface area contributed by atoms with Crippen LogP contribution in [0.1, 0.15) is 37.2 Å². The molecule has 1 aromatic rings. The smallest absolute Gasteiger partial charge is 0.311 e. The first kappa shape index (κ1) is 12.8. The van der Waals surface area contributed by atoms with Gasteiger partial charge in [-0.25, -0.2) is 0 Å². The predicted octanol–water partition coefficient (Wildman–Crippen LogP) is 3.52. The quantitative estimate of drug-likeness (QED) is 0.855. The summed E-state index contributed by atoms with van der Waals surface area (Å²) in [7, 11) is 2.07. The summed E-state index contributed by atoms with van der Waals surface area (Å²) in [6.07, 6.45) is 4.42. The van der Waals surface area contributed by atoms with Gasteiger partial charge in [0.2, 0.25) is 0 Å². The van der Waals surface area contributed by atoms with E-state index in [0.717, 1.165) is 30.5 Å². The molecule has 0 radical (unpaired) electrons. The van der Waals surface area contributed by atoms with Crippen molar-refractivity contribution in [2.24, 2.45) is 5.92 Å². The number of halogens is 1. The number of fused-ring (bicyclic) bond motifs is 2. The van der Waals surface area contributed by atoms with Gasteiger partial charge in [-0.15, -0.1) is 0 Å². The average molecular weight is 280 g/mol. The number of anilines is 1. The van der Waals surface area contributed by atoms with Crippen molar-refractivity contribution in [3.05, 3.63) is 28.8 Å². The molecule has 3 nitrogen and oxygen atoms in total. The van der Waals surface area contributed by atoms with Crippen LogP contribution in [0.4, 0.5) is 5.69 Å². The van der Waals surface area contributed by atoms with E-state index < -0.39 is 5.97 Å². The van der Waals surface area contributed by atoms with Crippen molar-refractivity contribution in [3.8, 4) is 0 Å². The Balaban J connectivity index is 2.13. The van der Waals surface area contributed by atoms with Crippen molar-refractivity contribution in [2.75, 3.05) is 11.9 Å². The largest absolute Gasteiger partial charge is 0.481 e. The van der Waals surface area contributed by atoms with Crippen molar-refractivity contribution < 1.29 is 9.90 Å². The van der Waals surface area contributed by atoms with E-state index in [1.807, 2.05) is 12.1 Å². The summed E-state index contributed by atoms with van der Waals surface area (Å²) in [5.74, 6) is -0.854. The Labute approximate surface area is 118 Å². The van der Waals surface area contributed by atoms with Crippen LogP contribution in [-0.2, 0) is 4.79 Å². The monoisotopic (exact) mass is 279 g/mol. The molecule has 1 aromatic carbocycles. The molecule has 3 rings (SSSR count). The number of nitrogens with zero attached hydrogens (tertiary/aromatic N) is 1. The fourth-order valence-electron chi connectivity index (χ4n) is 3.82. The van der Waals surface area contributed by atoms with Gasteiger partial charge in [-0.2, -0.15) is 0 Å². The van der Waals surface area contributed by atoms with Gasteiger partial charge in [-0.1, -0.05) is 30.5 Å². The maximum Gasteiger partial charge on any atom is 0.311 e. The van der Waals surface area contributed by atoms with Crippen LogP contribution < -0.4 is 4.90 Å². The van der Waals surface area contributed by atoms with Gasteiger partial charge in [0, 0.05) is 23.8 Å². The van der Waals surface area contributed by atoms with E-state index in [2.05, 4.69) is 11.9 Å². The van der Waals surface area contributed by atoms with Crippen LogP contribution in [0.2, 0.25) is 5.02 Å². The summed E-state index contributed by atoms with van der Waals surface area (Å²) < 4.78 is 0. The van der Waals surface area contributed by atoms with Crippen LogP contribution in [0, 0.1) is 5.92 Å². The van der Waals surface area contributed by atoms with Crippen LogP contribution in [0.15, 0.2) is 18.2 Å². The van der Waals surface area contributed by atoms with Gasteiger partial charge < -0.3 is 10.0 Å². The fourth-order valence-corrected chi connectivity index (χ4v) is 3.99. The lowest BCUT2D eigenvalue weighted by atomic mass is 9.70. The molecule has 3 unspecified atom stereocenters. The van der Waals surface area contributed by atoms with Gasteiger partial charge >= 0.3 is 5.97 Å². The zero-order valence-corrected chi connectivity index (χ0v) is 11.7. The molecule has 0 aromatic heterocycles. The number of carbonyl (C=O) groups is 1. The molecule has 19 heavy (non-hydrogen) atoms. The third-order valence-electron chi connectivity index (χ3n) is 4.68. The number of aliphatic carboxylic acids is 1. The first-order valence-electron chi connectivity index (χ1n) is 6.84. The summed E-state index contributed by atoms with van der Waals surface area (Å²) in [6.45, 7) is 0. The average Bonchev–Trinajstić information content (AvgIpc) is 2.39. The predicted molar refractivity (Wildman–Crippen MR) is 76.0 cm³/mol. The van der Waals surface area contributed by atoms with E-state index in [9.17, 15) is 9.90 Å². The minimum absolute atomic E-state index is 0.227. The highest BCUT2D eigenvalue weighted by Crippen LogP contribution is 2.47. The molecule has 0 spiro atoms. The zero-order valence-electron chi connectivity index (χ0n) is 11.0. The standard InChI is InChI=1S/C15H18ClNO2/c1-17-12-5-3-2-4-10(12)14(15(18)19)11-7-6-9(16)8-13(11)17/h6-8,10,12,14H,2-5H2,1H3,(H,18,19). The van der Waals surface area contributed by atoms with E-state index in [0.29, 0.717) is 11.1 Å². The molecule has 3 atom stereocenters. The summed E-state index contributed by atoms with van der Waals surface area (Å²) in [5, 5.41) is 10.3. The van der Waals surface area contributed by atoms with Gasteiger partial charge in [-0.05, 0) is 36.5 Å². The fraction of sp³-hybridized carbons (Fsp3) is 0.533. The SMILES string of the molecule is CN1c2cc(Cl)ccc2C(C(=O)O)C2CCCCC21. The highest BCUT2D eigenvalue weighted by Gasteiger charge is 2.44. The van der Waals surface area contributed by atoms with Crippen LogP contribution in [0.3, 0.4) is 0 Å². The normalized spacial score (nSPS) is 29.6. The molecule has 1 heterocycles. The van der Waals surface area contributed by atoms with Crippen molar-refractivity contribution in [2.45, 2.75) is 37.6 Å². The molecule has 102 valence electrons. The molecule has 2 aliphatic rings. The Morgan fingerprint density at radius 1 is 1.37 bits per heavy atom. The Kier molecular flexibility index (Phi) is 3.17. The van der Waals surface area contributed by atoms with E-state index in [1.54, 1.807) is 6.07 Å². The molecule has 0 saturated heterocycles. The molecular formula is C15H18ClNO2. The maximum atomic E-state index is 11.7. The third-order valence-corrected chi connectivity index (χ3v) is 4.92. The van der Waals surface area contributed by atoms with Crippen molar-refractivity contribution >= 4 is 23.3 Å². The number of hydrogen-bond acceptors (Lipinski definition) is 2. The number of carboxylic acid groups (broad SMARTS) is 1. The van der Waals surface area contributed by atoms with E-state index in [4.69, 9.17) is 11.6 Å². The Morgan fingerprint density at radius 2 is 2.11 bits per heavy atom. The van der Waals surface area contributed by atoms with Crippen LogP contribution >= 0.6 is 11.6 Å². The minimum atomic E-state index is -0.700. The van der Waals surface area contributed by atoms with E-state index in [-0.39, 0.29) is 11.8 Å². The molecule has 0 amide bonds. The second-order valence-corrected chi connectivity index (χ2v) is 6.08. The number of benzene rings is 1. The van der Waals surface area contributed by atoms with Crippen molar-refractivity contribution in [1.82, 2.24) is 0 Å². The van der Waals surface area contributed by atoms with Gasteiger partial charge in [0.25, 0.3) is 0 Å². The van der Waals surface area contributed by atoms with Crippen molar-refractivity contribution in [1.29, 1.82) is 0 Å². The maximum absolute atomic E-state index is 11.7. The first-order valence-corrected chi connectivity index (χ1v) is 7.22. The lowest BCUT2D eigenvalue weighted by Crippen LogP contribution is -2.48. The van der Waals surface area contributed by atoms with Crippen LogP contribution in [0.25, 0.3) is 0 Å². The molecule has 0 bridgehead atoms. The number of rotatable bonds is 1. The molecule has 4 heteroatoms. The zero-order chi connectivity index (χ0) is 13.6. The lowest BCUT2D eigenvalue weighted by molar-refractivity contribution is -0.141. The van der Waals surface area contributed by atoms with Crippen LogP contribution in [-0.4, -0.2) is 24.2 Å². The topological polar surface area (TPSA) is 40.5 Å². The molecular weight excluding hydrogens is 262 g/mol. The molecule has 1 aliphatic heterocycles. The third kappa shape index (κ3) is 2.00. The highest BCUT2D eigenvalue weighted by atomic mass is 35.5. The number of hydrogen-bond donors (Lipinski definition) is 1. The molecule has 1 aliphatic carbocycles. The second kappa shape index (κ2) is 4.71. The van der Waals surface area contributed by atoms with Gasteiger partial charge in [-0.3, -0.25) is 4.79 Å². The summed E-state index contributed by atoms with van der Waals surface area (Å²) in [6, 6.07) is 5.92. The van der Waals surface area contributed by atoms with Crippen molar-refractivity contribution in [3.63, 3.8) is 0 Å². The lowest BCUT2D eigenvalue weighted by Gasteiger charge is -2.47. The van der Waals surface area contributed by atoms with E-state index in [1.165, 1.54) is 6.42 Å². The number of carboxylic acids is 1. The molecule has 1 saturated carbocycles. The molecule has 1 N–H and O–H groups in total. The Hall–Kier alpha value is -1.22.